The molecule has 0 aliphatic carbocycles. The Bertz CT molecular complexity index is 820. The van der Waals surface area contributed by atoms with Crippen LogP contribution in [-0.2, 0) is 4.74 Å². The van der Waals surface area contributed by atoms with Gasteiger partial charge >= 0.3 is 6.09 Å². The quantitative estimate of drug-likeness (QED) is 0.731. The predicted molar refractivity (Wildman–Crippen MR) is 96.4 cm³/mol. The first-order valence-electron chi connectivity index (χ1n) is 7.88. The standard InChI is InChI=1S/C18H20BrFN2O2/c1-18(2,3)24-17(23)22-8-6-11(7-9-22)13-10-21-16-12(13)4-5-14(19)15(16)20/h4-6,10,21H,7-9H2,1-3H3. The van der Waals surface area contributed by atoms with Gasteiger partial charge < -0.3 is 14.6 Å². The number of fused-ring (bicyclic) bond motifs is 1. The summed E-state index contributed by atoms with van der Waals surface area (Å²) in [5, 5.41) is 0.854. The average molecular weight is 395 g/mol. The number of carbonyl (C=O) groups is 1. The molecule has 0 saturated carbocycles. The summed E-state index contributed by atoms with van der Waals surface area (Å²) in [7, 11) is 0. The number of aromatic nitrogens is 1. The van der Waals surface area contributed by atoms with Crippen molar-refractivity contribution >= 4 is 38.5 Å². The molecule has 24 heavy (non-hydrogen) atoms. The van der Waals surface area contributed by atoms with Crippen LogP contribution in [0.25, 0.3) is 16.5 Å². The fraction of sp³-hybridized carbons (Fsp3) is 0.389. The molecule has 0 saturated heterocycles. The van der Waals surface area contributed by atoms with Gasteiger partial charge in [-0.05, 0) is 54.8 Å². The van der Waals surface area contributed by atoms with Crippen molar-refractivity contribution in [3.05, 3.63) is 40.3 Å². The number of H-pyrrole nitrogens is 1. The van der Waals surface area contributed by atoms with Crippen LogP contribution in [0, 0.1) is 5.82 Å². The van der Waals surface area contributed by atoms with Gasteiger partial charge in [0.1, 0.15) is 5.60 Å². The maximum absolute atomic E-state index is 14.1. The third-order valence-corrected chi connectivity index (χ3v) is 4.57. The molecule has 0 bridgehead atoms. The third kappa shape index (κ3) is 3.34. The Morgan fingerprint density at radius 3 is 2.75 bits per heavy atom. The highest BCUT2D eigenvalue weighted by Gasteiger charge is 2.24. The van der Waals surface area contributed by atoms with Crippen LogP contribution in [0.5, 0.6) is 0 Å². The fourth-order valence-corrected chi connectivity index (χ4v) is 3.14. The van der Waals surface area contributed by atoms with Crippen molar-refractivity contribution in [2.75, 3.05) is 13.1 Å². The molecule has 0 unspecified atom stereocenters. The van der Waals surface area contributed by atoms with E-state index in [1.165, 1.54) is 0 Å². The van der Waals surface area contributed by atoms with E-state index in [0.717, 1.165) is 16.5 Å². The van der Waals surface area contributed by atoms with Gasteiger partial charge in [-0.3, -0.25) is 0 Å². The highest BCUT2D eigenvalue weighted by atomic mass is 79.9. The lowest BCUT2D eigenvalue weighted by atomic mass is 9.99. The van der Waals surface area contributed by atoms with Gasteiger partial charge in [-0.15, -0.1) is 0 Å². The van der Waals surface area contributed by atoms with Gasteiger partial charge in [0.15, 0.2) is 5.82 Å². The number of nitrogens with zero attached hydrogens (tertiary/aromatic N) is 1. The fourth-order valence-electron chi connectivity index (χ4n) is 2.81. The number of nitrogens with one attached hydrogen (secondary N) is 1. The van der Waals surface area contributed by atoms with Gasteiger partial charge in [0.05, 0.1) is 9.99 Å². The Morgan fingerprint density at radius 2 is 2.12 bits per heavy atom. The first-order valence-corrected chi connectivity index (χ1v) is 8.68. The number of amides is 1. The Balaban J connectivity index is 1.81. The summed E-state index contributed by atoms with van der Waals surface area (Å²) in [6.45, 7) is 6.65. The zero-order valence-electron chi connectivity index (χ0n) is 14.0. The van der Waals surface area contributed by atoms with E-state index in [1.54, 1.807) is 11.0 Å². The summed E-state index contributed by atoms with van der Waals surface area (Å²) in [5.74, 6) is -0.287. The Labute approximate surface area is 148 Å². The molecule has 1 aliphatic rings. The summed E-state index contributed by atoms with van der Waals surface area (Å²) in [6.07, 6.45) is 4.25. The largest absolute Gasteiger partial charge is 0.444 e. The molecule has 0 fully saturated rings. The number of aromatic amines is 1. The maximum atomic E-state index is 14.1. The van der Waals surface area contributed by atoms with Crippen molar-refractivity contribution < 1.29 is 13.9 Å². The van der Waals surface area contributed by atoms with Crippen LogP contribution in [0.15, 0.2) is 28.9 Å². The average Bonchev–Trinajstić information content (AvgIpc) is 2.94. The molecule has 4 nitrogen and oxygen atoms in total. The summed E-state index contributed by atoms with van der Waals surface area (Å²) < 4.78 is 20.0. The molecule has 1 aromatic heterocycles. The lowest BCUT2D eigenvalue weighted by molar-refractivity contribution is 0.0270. The molecule has 0 radical (unpaired) electrons. The second-order valence-corrected chi connectivity index (χ2v) is 7.75. The summed E-state index contributed by atoms with van der Waals surface area (Å²) in [5.41, 5.74) is 2.10. The molecule has 1 aromatic carbocycles. The minimum atomic E-state index is -0.497. The van der Waals surface area contributed by atoms with Gasteiger partial charge in [0, 0.05) is 30.2 Å². The first-order chi connectivity index (χ1) is 11.3. The molecule has 1 N–H and O–H groups in total. The Kier molecular flexibility index (Phi) is 4.42. The van der Waals surface area contributed by atoms with Crippen molar-refractivity contribution in [3.63, 3.8) is 0 Å². The predicted octanol–water partition coefficient (Wildman–Crippen LogP) is 5.09. The third-order valence-electron chi connectivity index (χ3n) is 3.95. The number of hydrogen-bond acceptors (Lipinski definition) is 2. The van der Waals surface area contributed by atoms with E-state index in [2.05, 4.69) is 20.9 Å². The van der Waals surface area contributed by atoms with Gasteiger partial charge in [-0.2, -0.15) is 0 Å². The second kappa shape index (κ2) is 6.24. The second-order valence-electron chi connectivity index (χ2n) is 6.89. The van der Waals surface area contributed by atoms with Crippen LogP contribution in [0.1, 0.15) is 32.8 Å². The molecule has 128 valence electrons. The van der Waals surface area contributed by atoms with Gasteiger partial charge in [-0.25, -0.2) is 9.18 Å². The maximum Gasteiger partial charge on any atom is 0.410 e. The van der Waals surface area contributed by atoms with E-state index in [0.29, 0.717) is 29.5 Å². The first kappa shape index (κ1) is 17.0. The monoisotopic (exact) mass is 394 g/mol. The summed E-state index contributed by atoms with van der Waals surface area (Å²) in [6, 6.07) is 3.61. The molecule has 2 aromatic rings. The Hall–Kier alpha value is -1.82. The van der Waals surface area contributed by atoms with Crippen LogP contribution in [-0.4, -0.2) is 34.7 Å². The normalized spacial score (nSPS) is 15.5. The van der Waals surface area contributed by atoms with Gasteiger partial charge in [0.2, 0.25) is 0 Å². The Morgan fingerprint density at radius 1 is 1.38 bits per heavy atom. The van der Waals surface area contributed by atoms with E-state index in [1.807, 2.05) is 39.1 Å². The van der Waals surface area contributed by atoms with Crippen LogP contribution in [0.2, 0.25) is 0 Å². The van der Waals surface area contributed by atoms with Crippen molar-refractivity contribution in [1.29, 1.82) is 0 Å². The zero-order valence-corrected chi connectivity index (χ0v) is 15.5. The van der Waals surface area contributed by atoms with E-state index < -0.39 is 5.60 Å². The van der Waals surface area contributed by atoms with E-state index in [-0.39, 0.29) is 11.9 Å². The smallest absolute Gasteiger partial charge is 0.410 e. The van der Waals surface area contributed by atoms with Crippen LogP contribution >= 0.6 is 15.9 Å². The molecular formula is C18H20BrFN2O2. The van der Waals surface area contributed by atoms with Gasteiger partial charge in [-0.1, -0.05) is 12.1 Å². The molecule has 6 heteroatoms. The van der Waals surface area contributed by atoms with Crippen molar-refractivity contribution in [2.24, 2.45) is 0 Å². The number of hydrogen-bond donors (Lipinski definition) is 1. The highest BCUT2D eigenvalue weighted by molar-refractivity contribution is 9.10. The molecular weight excluding hydrogens is 375 g/mol. The highest BCUT2D eigenvalue weighted by Crippen LogP contribution is 2.32. The number of halogens is 2. The lowest BCUT2D eigenvalue weighted by Gasteiger charge is -2.29. The number of ether oxygens (including phenoxy) is 1. The number of carbonyl (C=O) groups excluding carboxylic acids is 1. The number of benzene rings is 1. The van der Waals surface area contributed by atoms with E-state index in [4.69, 9.17) is 4.74 Å². The van der Waals surface area contributed by atoms with E-state index in [9.17, 15) is 9.18 Å². The zero-order chi connectivity index (χ0) is 17.5. The van der Waals surface area contributed by atoms with Crippen LogP contribution in [0.4, 0.5) is 9.18 Å². The molecule has 1 aliphatic heterocycles. The van der Waals surface area contributed by atoms with Crippen molar-refractivity contribution in [2.45, 2.75) is 32.8 Å². The lowest BCUT2D eigenvalue weighted by Crippen LogP contribution is -2.39. The van der Waals surface area contributed by atoms with Gasteiger partial charge in [0.25, 0.3) is 0 Å². The number of rotatable bonds is 1. The molecule has 1 amide bonds. The summed E-state index contributed by atoms with van der Waals surface area (Å²) >= 11 is 3.20. The molecule has 3 rings (SSSR count). The summed E-state index contributed by atoms with van der Waals surface area (Å²) in [4.78, 5) is 16.8. The molecule has 0 spiro atoms. The van der Waals surface area contributed by atoms with Crippen LogP contribution < -0.4 is 0 Å². The molecule has 0 atom stereocenters. The van der Waals surface area contributed by atoms with E-state index >= 15 is 0 Å². The topological polar surface area (TPSA) is 45.3 Å². The SMILES string of the molecule is CC(C)(C)OC(=O)N1CC=C(c2c[nH]c3c(F)c(Br)ccc23)CC1. The molecule has 2 heterocycles. The minimum absolute atomic E-state index is 0.287. The van der Waals surface area contributed by atoms with Crippen molar-refractivity contribution in [3.8, 4) is 0 Å². The van der Waals surface area contributed by atoms with Crippen LogP contribution in [0.3, 0.4) is 0 Å². The van der Waals surface area contributed by atoms with Crippen molar-refractivity contribution in [1.82, 2.24) is 9.88 Å². The minimum Gasteiger partial charge on any atom is -0.444 e.